The first-order valence-corrected chi connectivity index (χ1v) is 9.84. The summed E-state index contributed by atoms with van der Waals surface area (Å²) in [6.45, 7) is 0.461. The van der Waals surface area contributed by atoms with E-state index in [2.05, 4.69) is 12.5 Å². The van der Waals surface area contributed by atoms with E-state index in [0.717, 1.165) is 0 Å². The summed E-state index contributed by atoms with van der Waals surface area (Å²) in [5.41, 5.74) is 0. The topological polar surface area (TPSA) is 200 Å². The maximum atomic E-state index is 10.8. The summed E-state index contributed by atoms with van der Waals surface area (Å²) in [4.78, 5) is 0. The van der Waals surface area contributed by atoms with Gasteiger partial charge in [0.05, 0.1) is 18.8 Å². The van der Waals surface area contributed by atoms with Gasteiger partial charge in [-0.3, -0.25) is 13.7 Å². The van der Waals surface area contributed by atoms with E-state index in [9.17, 15) is 25.3 Å². The van der Waals surface area contributed by atoms with Crippen molar-refractivity contribution in [3.05, 3.63) is 0 Å². The average molecular weight is 402 g/mol. The molecular formula is C7H14O13S3. The molecule has 1 rings (SSSR count). The molecule has 0 bridgehead atoms. The van der Waals surface area contributed by atoms with Crippen LogP contribution in [0.4, 0.5) is 0 Å². The van der Waals surface area contributed by atoms with Crippen LogP contribution in [0.5, 0.6) is 0 Å². The molecule has 0 amide bonds. The molecule has 16 heteroatoms. The van der Waals surface area contributed by atoms with Crippen molar-refractivity contribution >= 4 is 31.2 Å². The summed E-state index contributed by atoms with van der Waals surface area (Å²) >= 11 is 0. The largest absolute Gasteiger partial charge is 0.397 e. The highest BCUT2D eigenvalue weighted by atomic mass is 32.3. The first-order chi connectivity index (χ1) is 10.2. The van der Waals surface area contributed by atoms with Gasteiger partial charge >= 0.3 is 31.2 Å². The summed E-state index contributed by atoms with van der Waals surface area (Å²) in [5.74, 6) is 0. The van der Waals surface area contributed by atoms with Crippen LogP contribution in [0.15, 0.2) is 0 Å². The van der Waals surface area contributed by atoms with Gasteiger partial charge in [-0.15, -0.1) is 0 Å². The molecule has 0 spiro atoms. The third kappa shape index (κ3) is 8.29. The van der Waals surface area contributed by atoms with E-state index in [1.165, 1.54) is 6.92 Å². The van der Waals surface area contributed by atoms with Gasteiger partial charge in [-0.05, 0) is 6.92 Å². The van der Waals surface area contributed by atoms with Gasteiger partial charge in [-0.25, -0.2) is 12.5 Å². The van der Waals surface area contributed by atoms with Crippen LogP contribution in [-0.4, -0.2) is 69.9 Å². The highest BCUT2D eigenvalue weighted by Gasteiger charge is 2.43. The molecule has 0 aromatic carbocycles. The third-order valence-electron chi connectivity index (χ3n) is 2.61. The van der Waals surface area contributed by atoms with Crippen molar-refractivity contribution in [2.75, 3.05) is 6.61 Å². The van der Waals surface area contributed by atoms with Gasteiger partial charge < -0.3 is 4.74 Å². The lowest BCUT2D eigenvalue weighted by atomic mass is 9.99. The Kier molecular flexibility index (Phi) is 6.47. The van der Waals surface area contributed by atoms with Crippen molar-refractivity contribution in [3.63, 3.8) is 0 Å². The molecule has 1 saturated heterocycles. The SMILES string of the molecule is C[C@@H]1OC(COS(=O)(=O)O)C[C@H](OS(=O)(=O)O)C1OS(=O)(=O)O. The molecule has 0 aliphatic carbocycles. The summed E-state index contributed by atoms with van der Waals surface area (Å²) in [6.07, 6.45) is -6.17. The Hall–Kier alpha value is -0.430. The molecule has 23 heavy (non-hydrogen) atoms. The molecule has 0 radical (unpaired) electrons. The quantitative estimate of drug-likeness (QED) is 0.410. The van der Waals surface area contributed by atoms with E-state index in [0.29, 0.717) is 0 Å². The van der Waals surface area contributed by atoms with E-state index in [1.54, 1.807) is 0 Å². The molecule has 1 aliphatic heterocycles. The zero-order valence-electron chi connectivity index (χ0n) is 11.4. The van der Waals surface area contributed by atoms with Gasteiger partial charge in [0.25, 0.3) is 0 Å². The Morgan fingerprint density at radius 3 is 1.91 bits per heavy atom. The predicted octanol–water partition coefficient (Wildman–Crippen LogP) is -1.64. The number of hydrogen-bond acceptors (Lipinski definition) is 10. The van der Waals surface area contributed by atoms with Gasteiger partial charge in [0.2, 0.25) is 0 Å². The highest BCUT2D eigenvalue weighted by molar-refractivity contribution is 7.81. The number of hydrogen-bond donors (Lipinski definition) is 3. The second-order valence-electron chi connectivity index (χ2n) is 4.46. The van der Waals surface area contributed by atoms with Crippen LogP contribution >= 0.6 is 0 Å². The second-order valence-corrected chi connectivity index (χ2v) is 7.65. The van der Waals surface area contributed by atoms with E-state index in [-0.39, 0.29) is 0 Å². The molecule has 4 atom stereocenters. The second kappa shape index (κ2) is 7.21. The van der Waals surface area contributed by atoms with Gasteiger partial charge in [-0.2, -0.15) is 25.3 Å². The average Bonchev–Trinajstić information content (AvgIpc) is 2.27. The first-order valence-electron chi connectivity index (χ1n) is 5.75. The molecule has 1 aliphatic rings. The van der Waals surface area contributed by atoms with Gasteiger partial charge in [-0.1, -0.05) is 0 Å². The van der Waals surface area contributed by atoms with E-state index in [1.807, 2.05) is 0 Å². The van der Waals surface area contributed by atoms with Crippen LogP contribution in [0.1, 0.15) is 13.3 Å². The third-order valence-corrected chi connectivity index (χ3v) is 4.00. The molecule has 13 nitrogen and oxygen atoms in total. The van der Waals surface area contributed by atoms with Crippen molar-refractivity contribution in [1.82, 2.24) is 0 Å². The molecule has 0 aromatic heterocycles. The number of ether oxygens (including phenoxy) is 1. The fourth-order valence-corrected chi connectivity index (χ4v) is 3.32. The van der Waals surface area contributed by atoms with Gasteiger partial charge in [0.1, 0.15) is 12.2 Å². The van der Waals surface area contributed by atoms with Crippen LogP contribution < -0.4 is 0 Å². The van der Waals surface area contributed by atoms with Crippen molar-refractivity contribution in [1.29, 1.82) is 0 Å². The summed E-state index contributed by atoms with van der Waals surface area (Å²) in [6, 6.07) is 0. The van der Waals surface area contributed by atoms with Gasteiger partial charge in [0, 0.05) is 6.42 Å². The summed E-state index contributed by atoms with van der Waals surface area (Å²) in [7, 11) is -14.8. The van der Waals surface area contributed by atoms with E-state index >= 15 is 0 Å². The van der Waals surface area contributed by atoms with Crippen molar-refractivity contribution < 1.29 is 56.2 Å². The maximum Gasteiger partial charge on any atom is 0.397 e. The molecule has 2 unspecified atom stereocenters. The number of rotatable bonds is 7. The summed E-state index contributed by atoms with van der Waals surface area (Å²) < 4.78 is 108. The smallest absolute Gasteiger partial charge is 0.370 e. The zero-order chi connectivity index (χ0) is 18.1. The minimum Gasteiger partial charge on any atom is -0.370 e. The van der Waals surface area contributed by atoms with Crippen LogP contribution in [0, 0.1) is 0 Å². The maximum absolute atomic E-state index is 10.8. The van der Waals surface area contributed by atoms with E-state index < -0.39 is 68.6 Å². The normalized spacial score (nSPS) is 30.3. The lowest BCUT2D eigenvalue weighted by Crippen LogP contribution is -2.51. The molecule has 3 N–H and O–H groups in total. The molecular weight excluding hydrogens is 388 g/mol. The molecule has 1 fully saturated rings. The van der Waals surface area contributed by atoms with Crippen LogP contribution in [0.3, 0.4) is 0 Å². The molecule has 138 valence electrons. The lowest BCUT2D eigenvalue weighted by molar-refractivity contribution is -0.153. The molecule has 0 aromatic rings. The minimum absolute atomic E-state index is 0.500. The van der Waals surface area contributed by atoms with Crippen molar-refractivity contribution in [2.24, 2.45) is 0 Å². The van der Waals surface area contributed by atoms with Gasteiger partial charge in [0.15, 0.2) is 0 Å². The Morgan fingerprint density at radius 2 is 1.48 bits per heavy atom. The zero-order valence-corrected chi connectivity index (χ0v) is 13.8. The fourth-order valence-electron chi connectivity index (χ4n) is 1.93. The van der Waals surface area contributed by atoms with Crippen molar-refractivity contribution in [3.8, 4) is 0 Å². The van der Waals surface area contributed by atoms with E-state index in [4.69, 9.17) is 18.4 Å². The molecule has 1 heterocycles. The Bertz CT molecular complexity index is 707. The highest BCUT2D eigenvalue weighted by Crippen LogP contribution is 2.27. The Morgan fingerprint density at radius 1 is 0.957 bits per heavy atom. The standard InChI is InChI=1S/C7H14O13S3/c1-4-7(20-23(14,15)16)6(19-22(11,12)13)2-5(18-4)3-17-21(8,9)10/h4-7H,2-3H2,1H3,(H,8,9,10)(H,11,12,13)(H,14,15,16)/t4-,5?,6-,7?/m0/s1. The van der Waals surface area contributed by atoms with Crippen LogP contribution in [0.2, 0.25) is 0 Å². The first kappa shape index (κ1) is 20.6. The Balaban J connectivity index is 2.93. The Labute approximate surface area is 132 Å². The predicted molar refractivity (Wildman–Crippen MR) is 69.3 cm³/mol. The minimum atomic E-state index is -5.02. The fraction of sp³-hybridized carbons (Fsp3) is 1.00. The monoisotopic (exact) mass is 402 g/mol. The van der Waals surface area contributed by atoms with Crippen LogP contribution in [0.25, 0.3) is 0 Å². The van der Waals surface area contributed by atoms with Crippen LogP contribution in [-0.2, 0) is 48.5 Å². The lowest BCUT2D eigenvalue weighted by Gasteiger charge is -2.37. The van der Waals surface area contributed by atoms with Crippen molar-refractivity contribution in [2.45, 2.75) is 37.8 Å². The molecule has 0 saturated carbocycles. The summed E-state index contributed by atoms with van der Waals surface area (Å²) in [5, 5.41) is 0.